The van der Waals surface area contributed by atoms with Crippen LogP contribution in [0.5, 0.6) is 0 Å². The zero-order valence-corrected chi connectivity index (χ0v) is 16.5. The topological polar surface area (TPSA) is 82.2 Å². The SMILES string of the molecule is Cc1cccc(C(=O)c2c3c4c(c(N)ccc4n(C)c2=O)C(=O)c2ccccc2-3)c1. The van der Waals surface area contributed by atoms with E-state index >= 15 is 0 Å². The van der Waals surface area contributed by atoms with E-state index in [4.69, 9.17) is 5.73 Å². The molecule has 3 aromatic carbocycles. The molecule has 5 rings (SSSR count). The minimum Gasteiger partial charge on any atom is -0.398 e. The number of anilines is 1. The Morgan fingerprint density at radius 3 is 2.37 bits per heavy atom. The summed E-state index contributed by atoms with van der Waals surface area (Å²) >= 11 is 0. The van der Waals surface area contributed by atoms with Gasteiger partial charge in [-0.25, -0.2) is 0 Å². The number of carbonyl (C=O) groups excluding carboxylic acids is 2. The number of fused-ring (bicyclic) bond motifs is 2. The van der Waals surface area contributed by atoms with E-state index in [1.807, 2.05) is 13.0 Å². The predicted octanol–water partition coefficient (Wildman–Crippen LogP) is 3.87. The molecular weight excluding hydrogens is 376 g/mol. The first-order valence-corrected chi connectivity index (χ1v) is 9.60. The molecule has 1 aliphatic carbocycles. The van der Waals surface area contributed by atoms with Gasteiger partial charge in [-0.15, -0.1) is 0 Å². The first-order chi connectivity index (χ1) is 14.4. The van der Waals surface area contributed by atoms with E-state index in [0.717, 1.165) is 5.56 Å². The third-order valence-corrected chi connectivity index (χ3v) is 5.77. The fraction of sp³-hybridized carbons (Fsp3) is 0.0800. The lowest BCUT2D eigenvalue weighted by Gasteiger charge is -2.24. The van der Waals surface area contributed by atoms with Crippen molar-refractivity contribution >= 4 is 28.2 Å². The number of ketones is 2. The highest BCUT2D eigenvalue weighted by atomic mass is 16.1. The molecule has 0 atom stereocenters. The molecular formula is C25H18N2O3. The molecule has 0 amide bonds. The van der Waals surface area contributed by atoms with Gasteiger partial charge in [0.05, 0.1) is 16.6 Å². The summed E-state index contributed by atoms with van der Waals surface area (Å²) in [7, 11) is 1.61. The lowest BCUT2D eigenvalue weighted by atomic mass is 9.80. The first-order valence-electron chi connectivity index (χ1n) is 9.60. The summed E-state index contributed by atoms with van der Waals surface area (Å²) in [6, 6.07) is 17.6. The Hall–Kier alpha value is -3.99. The molecule has 1 aromatic heterocycles. The molecule has 0 aliphatic heterocycles. The van der Waals surface area contributed by atoms with Crippen molar-refractivity contribution in [3.8, 4) is 11.1 Å². The van der Waals surface area contributed by atoms with Gasteiger partial charge in [0.2, 0.25) is 0 Å². The lowest BCUT2D eigenvalue weighted by Crippen LogP contribution is -2.29. The second-order valence-corrected chi connectivity index (χ2v) is 7.61. The molecule has 0 fully saturated rings. The maximum absolute atomic E-state index is 13.6. The minimum atomic E-state index is -0.399. The van der Waals surface area contributed by atoms with Gasteiger partial charge in [-0.2, -0.15) is 0 Å². The van der Waals surface area contributed by atoms with Crippen LogP contribution in [0.2, 0.25) is 0 Å². The predicted molar refractivity (Wildman–Crippen MR) is 117 cm³/mol. The number of rotatable bonds is 2. The van der Waals surface area contributed by atoms with Gasteiger partial charge >= 0.3 is 0 Å². The van der Waals surface area contributed by atoms with E-state index < -0.39 is 5.56 Å². The van der Waals surface area contributed by atoms with E-state index in [9.17, 15) is 14.4 Å². The van der Waals surface area contributed by atoms with E-state index in [1.54, 1.807) is 61.6 Å². The maximum atomic E-state index is 13.6. The minimum absolute atomic E-state index is 0.0578. The van der Waals surface area contributed by atoms with Crippen molar-refractivity contribution in [1.29, 1.82) is 0 Å². The van der Waals surface area contributed by atoms with Gasteiger partial charge in [0.15, 0.2) is 11.6 Å². The second kappa shape index (κ2) is 6.26. The summed E-state index contributed by atoms with van der Waals surface area (Å²) in [6.07, 6.45) is 0. The zero-order valence-electron chi connectivity index (χ0n) is 16.5. The highest BCUT2D eigenvalue weighted by Crippen LogP contribution is 2.42. The Balaban J connectivity index is 2.01. The molecule has 0 saturated heterocycles. The van der Waals surface area contributed by atoms with Crippen molar-refractivity contribution < 1.29 is 9.59 Å². The molecule has 0 unspecified atom stereocenters. The molecule has 0 spiro atoms. The van der Waals surface area contributed by atoms with Crippen LogP contribution < -0.4 is 11.3 Å². The average molecular weight is 394 g/mol. The summed E-state index contributed by atoms with van der Waals surface area (Å²) < 4.78 is 1.42. The van der Waals surface area contributed by atoms with Gasteiger partial charge in [-0.3, -0.25) is 14.4 Å². The van der Waals surface area contributed by atoms with Gasteiger partial charge in [0.25, 0.3) is 5.56 Å². The third-order valence-electron chi connectivity index (χ3n) is 5.77. The molecule has 0 bridgehead atoms. The number of benzene rings is 3. The quantitative estimate of drug-likeness (QED) is 0.364. The van der Waals surface area contributed by atoms with Crippen molar-refractivity contribution in [2.24, 2.45) is 7.05 Å². The fourth-order valence-electron chi connectivity index (χ4n) is 4.34. The Bertz CT molecular complexity index is 1480. The highest BCUT2D eigenvalue weighted by molar-refractivity contribution is 6.30. The van der Waals surface area contributed by atoms with Gasteiger partial charge < -0.3 is 10.3 Å². The molecule has 1 heterocycles. The van der Waals surface area contributed by atoms with Crippen LogP contribution in [0.3, 0.4) is 0 Å². The number of aryl methyl sites for hydroxylation is 2. The zero-order chi connectivity index (χ0) is 21.2. The van der Waals surface area contributed by atoms with Crippen molar-refractivity contribution in [2.45, 2.75) is 6.92 Å². The summed E-state index contributed by atoms with van der Waals surface area (Å²) in [5.74, 6) is -0.567. The van der Waals surface area contributed by atoms with E-state index in [2.05, 4.69) is 0 Å². The molecule has 0 radical (unpaired) electrons. The van der Waals surface area contributed by atoms with Crippen LogP contribution >= 0.6 is 0 Å². The van der Waals surface area contributed by atoms with Crippen LogP contribution in [0.1, 0.15) is 37.4 Å². The van der Waals surface area contributed by atoms with Crippen LogP contribution in [-0.2, 0) is 7.05 Å². The molecule has 2 N–H and O–H groups in total. The maximum Gasteiger partial charge on any atom is 0.262 e. The van der Waals surface area contributed by atoms with Gasteiger partial charge in [-0.1, -0.05) is 48.0 Å². The Kier molecular flexibility index (Phi) is 3.77. The van der Waals surface area contributed by atoms with Crippen LogP contribution in [0.4, 0.5) is 5.69 Å². The molecule has 146 valence electrons. The first kappa shape index (κ1) is 18.1. The number of nitrogens with two attached hydrogens (primary N) is 1. The number of hydrogen-bond acceptors (Lipinski definition) is 4. The van der Waals surface area contributed by atoms with Crippen molar-refractivity contribution in [3.63, 3.8) is 0 Å². The average Bonchev–Trinajstić information content (AvgIpc) is 2.74. The van der Waals surface area contributed by atoms with Crippen molar-refractivity contribution in [2.75, 3.05) is 5.73 Å². The number of nitrogen functional groups attached to an aromatic ring is 1. The van der Waals surface area contributed by atoms with Crippen LogP contribution in [0, 0.1) is 6.92 Å². The lowest BCUT2D eigenvalue weighted by molar-refractivity contribution is 0.102. The number of carbonyl (C=O) groups is 2. The molecule has 5 heteroatoms. The molecule has 4 aromatic rings. The summed E-state index contributed by atoms with van der Waals surface area (Å²) in [6.45, 7) is 1.89. The summed E-state index contributed by atoms with van der Waals surface area (Å²) in [5, 5.41) is 0.553. The number of hydrogen-bond donors (Lipinski definition) is 1. The monoisotopic (exact) mass is 394 g/mol. The summed E-state index contributed by atoms with van der Waals surface area (Å²) in [5.41, 5.74) is 9.97. The standard InChI is InChI=1S/C25H18N2O3/c1-13-6-5-7-14(12-13)23(28)22-19-15-8-3-4-9-16(15)24(29)20-17(26)10-11-18(21(19)20)27(2)25(22)30/h3-12H,26H2,1-2H3. The van der Waals surface area contributed by atoms with Crippen LogP contribution in [0.15, 0.2) is 65.5 Å². The number of aromatic nitrogens is 1. The summed E-state index contributed by atoms with van der Waals surface area (Å²) in [4.78, 5) is 40.2. The van der Waals surface area contributed by atoms with Gasteiger partial charge in [0, 0.05) is 34.8 Å². The van der Waals surface area contributed by atoms with Gasteiger partial charge in [-0.05, 0) is 30.7 Å². The molecule has 1 aliphatic rings. The smallest absolute Gasteiger partial charge is 0.262 e. The largest absolute Gasteiger partial charge is 0.398 e. The number of nitrogens with zero attached hydrogens (tertiary/aromatic N) is 1. The van der Waals surface area contributed by atoms with Crippen molar-refractivity contribution in [1.82, 2.24) is 4.57 Å². The Labute approximate surface area is 172 Å². The van der Waals surface area contributed by atoms with Crippen LogP contribution in [0.25, 0.3) is 22.0 Å². The van der Waals surface area contributed by atoms with E-state index in [1.165, 1.54) is 4.57 Å². The fourth-order valence-corrected chi connectivity index (χ4v) is 4.34. The highest BCUT2D eigenvalue weighted by Gasteiger charge is 2.33. The molecule has 30 heavy (non-hydrogen) atoms. The Morgan fingerprint density at radius 2 is 1.63 bits per heavy atom. The molecule has 5 nitrogen and oxygen atoms in total. The van der Waals surface area contributed by atoms with E-state index in [0.29, 0.717) is 44.4 Å². The van der Waals surface area contributed by atoms with Gasteiger partial charge in [0.1, 0.15) is 0 Å². The van der Waals surface area contributed by atoms with E-state index in [-0.39, 0.29) is 17.1 Å². The Morgan fingerprint density at radius 1 is 0.900 bits per heavy atom. The van der Waals surface area contributed by atoms with Crippen LogP contribution in [-0.4, -0.2) is 16.1 Å². The molecule has 0 saturated carbocycles. The number of pyridine rings is 1. The second-order valence-electron chi connectivity index (χ2n) is 7.61. The third kappa shape index (κ3) is 2.32. The van der Waals surface area contributed by atoms with Crippen molar-refractivity contribution in [3.05, 3.63) is 98.8 Å². The normalized spacial score (nSPS) is 12.1.